The van der Waals surface area contributed by atoms with Crippen molar-refractivity contribution in [2.45, 2.75) is 6.92 Å². The van der Waals surface area contributed by atoms with Crippen LogP contribution in [0.5, 0.6) is 0 Å². The fourth-order valence-electron chi connectivity index (χ4n) is 1.52. The number of hydrogen-bond acceptors (Lipinski definition) is 1. The van der Waals surface area contributed by atoms with Gasteiger partial charge in [-0.2, -0.15) is 0 Å². The molecule has 0 spiro atoms. The van der Waals surface area contributed by atoms with Gasteiger partial charge in [0, 0.05) is 5.69 Å². The lowest BCUT2D eigenvalue weighted by atomic mass is 10.1. The first-order valence-electron chi connectivity index (χ1n) is 4.48. The van der Waals surface area contributed by atoms with E-state index in [1.807, 2.05) is 0 Å². The SMILES string of the molecule is Cc1ccc2cc(N[SiH3])ccc2c1. The zero-order valence-corrected chi connectivity index (χ0v) is 9.96. The molecule has 2 rings (SSSR count). The summed E-state index contributed by atoms with van der Waals surface area (Å²) in [6.45, 7) is 2.12. The highest BCUT2D eigenvalue weighted by atomic mass is 28.2. The van der Waals surface area contributed by atoms with Crippen LogP contribution in [0, 0.1) is 6.92 Å². The van der Waals surface area contributed by atoms with Gasteiger partial charge in [-0.15, -0.1) is 0 Å². The van der Waals surface area contributed by atoms with Gasteiger partial charge >= 0.3 is 0 Å². The summed E-state index contributed by atoms with van der Waals surface area (Å²) in [6.07, 6.45) is 0. The largest absolute Gasteiger partial charge is 0.419 e. The molecule has 0 aliphatic rings. The number of hydrogen-bond donors (Lipinski definition) is 1. The first kappa shape index (κ1) is 8.32. The molecule has 2 aromatic carbocycles. The zero-order chi connectivity index (χ0) is 9.26. The average Bonchev–Trinajstić information content (AvgIpc) is 2.17. The van der Waals surface area contributed by atoms with Crippen molar-refractivity contribution in [2.75, 3.05) is 4.98 Å². The molecule has 0 radical (unpaired) electrons. The molecule has 0 heterocycles. The van der Waals surface area contributed by atoms with E-state index in [-0.39, 0.29) is 0 Å². The molecule has 2 heteroatoms. The zero-order valence-electron chi connectivity index (χ0n) is 7.96. The summed E-state index contributed by atoms with van der Waals surface area (Å²) in [5.74, 6) is 0. The van der Waals surface area contributed by atoms with Crippen molar-refractivity contribution in [1.29, 1.82) is 0 Å². The lowest BCUT2D eigenvalue weighted by Crippen LogP contribution is -1.89. The molecule has 2 aromatic rings. The van der Waals surface area contributed by atoms with E-state index in [9.17, 15) is 0 Å². The molecule has 0 fully saturated rings. The Balaban J connectivity index is 2.66. The molecule has 0 aromatic heterocycles. The molecule has 1 nitrogen and oxygen atoms in total. The van der Waals surface area contributed by atoms with Gasteiger partial charge in [-0.3, -0.25) is 0 Å². The first-order chi connectivity index (χ1) is 6.29. The molecule has 66 valence electrons. The Hall–Kier alpha value is -1.28. The molecule has 0 aliphatic heterocycles. The Morgan fingerprint density at radius 1 is 1.00 bits per heavy atom. The maximum Gasteiger partial charge on any atom is 0.104 e. The smallest absolute Gasteiger partial charge is 0.104 e. The Kier molecular flexibility index (Phi) is 2.06. The third-order valence-electron chi connectivity index (χ3n) is 2.28. The van der Waals surface area contributed by atoms with Gasteiger partial charge in [0.25, 0.3) is 0 Å². The number of benzene rings is 2. The number of nitrogens with one attached hydrogen (secondary N) is 1. The van der Waals surface area contributed by atoms with Crippen molar-refractivity contribution < 1.29 is 0 Å². The van der Waals surface area contributed by atoms with Gasteiger partial charge in [-0.05, 0) is 29.8 Å². The molecule has 0 atom stereocenters. The fraction of sp³-hybridized carbons (Fsp3) is 0.0909. The van der Waals surface area contributed by atoms with E-state index in [2.05, 4.69) is 48.3 Å². The molecule has 0 bridgehead atoms. The van der Waals surface area contributed by atoms with Gasteiger partial charge in [-0.1, -0.05) is 29.8 Å². The van der Waals surface area contributed by atoms with Gasteiger partial charge in [0.1, 0.15) is 10.4 Å². The van der Waals surface area contributed by atoms with Gasteiger partial charge < -0.3 is 4.98 Å². The molecule has 1 N–H and O–H groups in total. The highest BCUT2D eigenvalue weighted by molar-refractivity contribution is 6.16. The van der Waals surface area contributed by atoms with Crippen LogP contribution in [0.25, 0.3) is 10.8 Å². The predicted octanol–water partition coefficient (Wildman–Crippen LogP) is 1.84. The quantitative estimate of drug-likeness (QED) is 0.672. The van der Waals surface area contributed by atoms with Crippen LogP contribution < -0.4 is 4.98 Å². The van der Waals surface area contributed by atoms with Crippen LogP contribution in [0.3, 0.4) is 0 Å². The second-order valence-electron chi connectivity index (χ2n) is 3.32. The maximum absolute atomic E-state index is 3.27. The molecule has 13 heavy (non-hydrogen) atoms. The van der Waals surface area contributed by atoms with Crippen molar-refractivity contribution in [3.63, 3.8) is 0 Å². The minimum Gasteiger partial charge on any atom is -0.419 e. The summed E-state index contributed by atoms with van der Waals surface area (Å²) in [6, 6.07) is 13.0. The fourth-order valence-corrected chi connectivity index (χ4v) is 1.83. The Morgan fingerprint density at radius 2 is 1.69 bits per heavy atom. The predicted molar refractivity (Wildman–Crippen MR) is 62.2 cm³/mol. The number of anilines is 1. The van der Waals surface area contributed by atoms with Crippen LogP contribution in [0.2, 0.25) is 0 Å². The summed E-state index contributed by atoms with van der Waals surface area (Å²) >= 11 is 0. The van der Waals surface area contributed by atoms with E-state index in [0.717, 1.165) is 10.4 Å². The normalized spacial score (nSPS) is 10.5. The van der Waals surface area contributed by atoms with Crippen LogP contribution >= 0.6 is 0 Å². The summed E-state index contributed by atoms with van der Waals surface area (Å²) in [7, 11) is 1.00. The molecule has 0 saturated carbocycles. The van der Waals surface area contributed by atoms with Crippen LogP contribution in [-0.2, 0) is 0 Å². The van der Waals surface area contributed by atoms with Crippen molar-refractivity contribution in [2.24, 2.45) is 0 Å². The minimum absolute atomic E-state index is 1.00. The second-order valence-corrected chi connectivity index (χ2v) is 3.82. The van der Waals surface area contributed by atoms with Gasteiger partial charge in [0.05, 0.1) is 0 Å². The molecule has 0 saturated heterocycles. The van der Waals surface area contributed by atoms with Gasteiger partial charge in [-0.25, -0.2) is 0 Å². The van der Waals surface area contributed by atoms with Crippen LogP contribution in [-0.4, -0.2) is 10.4 Å². The van der Waals surface area contributed by atoms with Crippen molar-refractivity contribution >= 4 is 26.9 Å². The third kappa shape index (κ3) is 1.58. The monoisotopic (exact) mass is 187 g/mol. The highest BCUT2D eigenvalue weighted by Crippen LogP contribution is 2.19. The standard InChI is InChI=1S/C11H13NSi/c1-8-2-3-10-7-11(12-13)5-4-9(10)6-8/h2-7,12H,1,13H3. The second kappa shape index (κ2) is 3.22. The lowest BCUT2D eigenvalue weighted by Gasteiger charge is -2.03. The summed E-state index contributed by atoms with van der Waals surface area (Å²) in [4.78, 5) is 3.27. The van der Waals surface area contributed by atoms with Crippen LogP contribution in [0.15, 0.2) is 36.4 Å². The highest BCUT2D eigenvalue weighted by Gasteiger charge is 1.94. The number of aryl methyl sites for hydroxylation is 1. The van der Waals surface area contributed by atoms with E-state index in [1.165, 1.54) is 22.0 Å². The summed E-state index contributed by atoms with van der Waals surface area (Å²) in [5.41, 5.74) is 2.54. The number of rotatable bonds is 1. The molecular formula is C11H13NSi. The minimum atomic E-state index is 1.00. The van der Waals surface area contributed by atoms with E-state index < -0.39 is 0 Å². The summed E-state index contributed by atoms with van der Waals surface area (Å²) in [5, 5.41) is 2.63. The van der Waals surface area contributed by atoms with Crippen LogP contribution in [0.1, 0.15) is 5.56 Å². The van der Waals surface area contributed by atoms with E-state index in [4.69, 9.17) is 0 Å². The summed E-state index contributed by atoms with van der Waals surface area (Å²) < 4.78 is 0. The van der Waals surface area contributed by atoms with E-state index in [1.54, 1.807) is 0 Å². The van der Waals surface area contributed by atoms with Crippen molar-refractivity contribution in [3.05, 3.63) is 42.0 Å². The number of fused-ring (bicyclic) bond motifs is 1. The molecule has 0 unspecified atom stereocenters. The molecular weight excluding hydrogens is 174 g/mol. The Morgan fingerprint density at radius 3 is 2.46 bits per heavy atom. The maximum atomic E-state index is 3.27. The van der Waals surface area contributed by atoms with E-state index >= 15 is 0 Å². The topological polar surface area (TPSA) is 12.0 Å². The van der Waals surface area contributed by atoms with Crippen molar-refractivity contribution in [1.82, 2.24) is 0 Å². The first-order valence-corrected chi connectivity index (χ1v) is 5.48. The van der Waals surface area contributed by atoms with E-state index in [0.29, 0.717) is 0 Å². The average molecular weight is 187 g/mol. The Labute approximate surface area is 81.3 Å². The van der Waals surface area contributed by atoms with Gasteiger partial charge in [0.15, 0.2) is 0 Å². The Bertz CT molecular complexity index is 437. The molecule has 0 aliphatic carbocycles. The lowest BCUT2D eigenvalue weighted by molar-refractivity contribution is 1.51. The van der Waals surface area contributed by atoms with Gasteiger partial charge in [0.2, 0.25) is 0 Å². The molecule has 0 amide bonds. The van der Waals surface area contributed by atoms with Crippen LogP contribution in [0.4, 0.5) is 5.69 Å². The van der Waals surface area contributed by atoms with Crippen molar-refractivity contribution in [3.8, 4) is 0 Å². The third-order valence-corrected chi connectivity index (χ3v) is 2.86.